The highest BCUT2D eigenvalue weighted by molar-refractivity contribution is 7.10. The smallest absolute Gasteiger partial charge is 0.229 e. The predicted molar refractivity (Wildman–Crippen MR) is 103 cm³/mol. The summed E-state index contributed by atoms with van der Waals surface area (Å²) in [5.74, 6) is 0.906. The first-order valence-corrected chi connectivity index (χ1v) is 9.31. The van der Waals surface area contributed by atoms with Crippen molar-refractivity contribution in [3.05, 3.63) is 70.5 Å². The zero-order valence-electron chi connectivity index (χ0n) is 13.8. The number of thiophene rings is 1. The number of fused-ring (bicyclic) bond motifs is 1. The van der Waals surface area contributed by atoms with Gasteiger partial charge in [-0.05, 0) is 48.1 Å². The van der Waals surface area contributed by atoms with E-state index in [1.807, 2.05) is 29.6 Å². The van der Waals surface area contributed by atoms with Crippen LogP contribution in [0.2, 0.25) is 0 Å². The number of aromatic nitrogens is 1. The number of carbonyl (C=O) groups is 1. The molecule has 0 atom stereocenters. The van der Waals surface area contributed by atoms with E-state index in [4.69, 9.17) is 0 Å². The first kappa shape index (κ1) is 15.8. The lowest BCUT2D eigenvalue weighted by atomic mass is 10.0. The van der Waals surface area contributed by atoms with Gasteiger partial charge in [0.2, 0.25) is 5.91 Å². The zero-order valence-corrected chi connectivity index (χ0v) is 14.6. The SMILES string of the molecule is O=C(Cc1cccs1)Nc1ccc(N2CCCc3ccccc32)nc1. The Bertz CT molecular complexity index is 859. The summed E-state index contributed by atoms with van der Waals surface area (Å²) in [5, 5.41) is 4.90. The summed E-state index contributed by atoms with van der Waals surface area (Å²) in [6, 6.07) is 16.3. The van der Waals surface area contributed by atoms with E-state index in [0.717, 1.165) is 35.8 Å². The molecule has 0 saturated carbocycles. The zero-order chi connectivity index (χ0) is 17.1. The fourth-order valence-corrected chi connectivity index (χ4v) is 3.87. The van der Waals surface area contributed by atoms with Gasteiger partial charge < -0.3 is 10.2 Å². The predicted octanol–water partition coefficient (Wildman–Crippen LogP) is 4.41. The molecule has 1 aliphatic heterocycles. The molecule has 25 heavy (non-hydrogen) atoms. The van der Waals surface area contributed by atoms with Crippen molar-refractivity contribution in [2.24, 2.45) is 0 Å². The summed E-state index contributed by atoms with van der Waals surface area (Å²) in [5.41, 5.74) is 3.33. The average Bonchev–Trinajstić information content (AvgIpc) is 3.15. The van der Waals surface area contributed by atoms with E-state index in [1.165, 1.54) is 11.3 Å². The number of nitrogens with zero attached hydrogens (tertiary/aromatic N) is 2. The molecule has 0 fully saturated rings. The van der Waals surface area contributed by atoms with Gasteiger partial charge in [0, 0.05) is 17.1 Å². The van der Waals surface area contributed by atoms with Crippen LogP contribution in [0, 0.1) is 0 Å². The van der Waals surface area contributed by atoms with Crippen LogP contribution in [0.5, 0.6) is 0 Å². The number of hydrogen-bond donors (Lipinski definition) is 1. The summed E-state index contributed by atoms with van der Waals surface area (Å²) in [7, 11) is 0. The van der Waals surface area contributed by atoms with Crippen molar-refractivity contribution in [2.45, 2.75) is 19.3 Å². The summed E-state index contributed by atoms with van der Waals surface area (Å²) >= 11 is 1.59. The van der Waals surface area contributed by atoms with Gasteiger partial charge in [-0.3, -0.25) is 4.79 Å². The molecule has 4 nitrogen and oxygen atoms in total. The van der Waals surface area contributed by atoms with E-state index in [2.05, 4.69) is 39.5 Å². The topological polar surface area (TPSA) is 45.2 Å². The van der Waals surface area contributed by atoms with Crippen LogP contribution < -0.4 is 10.2 Å². The van der Waals surface area contributed by atoms with Crippen LogP contribution in [0.15, 0.2) is 60.1 Å². The van der Waals surface area contributed by atoms with Gasteiger partial charge in [0.05, 0.1) is 18.3 Å². The van der Waals surface area contributed by atoms with Crippen molar-refractivity contribution in [1.29, 1.82) is 0 Å². The normalized spacial score (nSPS) is 13.4. The van der Waals surface area contributed by atoms with Crippen LogP contribution >= 0.6 is 11.3 Å². The Labute approximate surface area is 151 Å². The molecule has 3 heterocycles. The third-order valence-corrected chi connectivity index (χ3v) is 5.21. The third-order valence-electron chi connectivity index (χ3n) is 4.33. The number of anilines is 3. The van der Waals surface area contributed by atoms with Gasteiger partial charge in [0.1, 0.15) is 5.82 Å². The highest BCUT2D eigenvalue weighted by atomic mass is 32.1. The first-order chi connectivity index (χ1) is 12.3. The van der Waals surface area contributed by atoms with Gasteiger partial charge in [-0.25, -0.2) is 4.98 Å². The van der Waals surface area contributed by atoms with Gasteiger partial charge in [0.25, 0.3) is 0 Å². The van der Waals surface area contributed by atoms with Gasteiger partial charge >= 0.3 is 0 Å². The van der Waals surface area contributed by atoms with Crippen LogP contribution in [0.25, 0.3) is 0 Å². The summed E-state index contributed by atoms with van der Waals surface area (Å²) in [4.78, 5) is 20.0. The highest BCUT2D eigenvalue weighted by Crippen LogP contribution is 2.32. The number of carbonyl (C=O) groups excluding carboxylic acids is 1. The molecule has 3 aromatic rings. The molecule has 0 bridgehead atoms. The molecule has 1 aromatic carbocycles. The van der Waals surface area contributed by atoms with Crippen molar-refractivity contribution in [3.8, 4) is 0 Å². The Morgan fingerprint density at radius 2 is 2.08 bits per heavy atom. The fourth-order valence-electron chi connectivity index (χ4n) is 3.17. The van der Waals surface area contributed by atoms with Crippen molar-refractivity contribution >= 4 is 34.4 Å². The second kappa shape index (κ2) is 7.07. The third kappa shape index (κ3) is 3.56. The lowest BCUT2D eigenvalue weighted by Gasteiger charge is -2.30. The Hall–Kier alpha value is -2.66. The average molecular weight is 349 g/mol. The van der Waals surface area contributed by atoms with Crippen LogP contribution in [-0.2, 0) is 17.6 Å². The van der Waals surface area contributed by atoms with E-state index in [9.17, 15) is 4.79 Å². The number of nitrogens with one attached hydrogen (secondary N) is 1. The van der Waals surface area contributed by atoms with Gasteiger partial charge in [0.15, 0.2) is 0 Å². The summed E-state index contributed by atoms with van der Waals surface area (Å²) < 4.78 is 0. The highest BCUT2D eigenvalue weighted by Gasteiger charge is 2.18. The first-order valence-electron chi connectivity index (χ1n) is 8.43. The van der Waals surface area contributed by atoms with E-state index in [0.29, 0.717) is 6.42 Å². The minimum Gasteiger partial charge on any atom is -0.326 e. The molecule has 0 saturated heterocycles. The van der Waals surface area contributed by atoms with Crippen molar-refractivity contribution in [3.63, 3.8) is 0 Å². The number of amides is 1. The lowest BCUT2D eigenvalue weighted by molar-refractivity contribution is -0.115. The van der Waals surface area contributed by atoms with Crippen LogP contribution in [0.4, 0.5) is 17.2 Å². The largest absolute Gasteiger partial charge is 0.326 e. The Morgan fingerprint density at radius 3 is 2.88 bits per heavy atom. The van der Waals surface area contributed by atoms with Gasteiger partial charge in [-0.15, -0.1) is 11.3 Å². The number of rotatable bonds is 4. The number of para-hydroxylation sites is 1. The Balaban J connectivity index is 1.47. The molecule has 2 aromatic heterocycles. The van der Waals surface area contributed by atoms with Crippen LogP contribution in [-0.4, -0.2) is 17.4 Å². The Morgan fingerprint density at radius 1 is 1.16 bits per heavy atom. The van der Waals surface area contributed by atoms with Gasteiger partial charge in [-0.1, -0.05) is 24.3 Å². The standard InChI is InChI=1S/C20H19N3OS/c24-20(13-17-7-4-12-25-17)22-16-9-10-19(21-14-16)23-11-3-6-15-5-1-2-8-18(15)23/h1-2,4-5,7-10,12,14H,3,6,11,13H2,(H,22,24). The Kier molecular flexibility index (Phi) is 4.48. The van der Waals surface area contributed by atoms with Crippen molar-refractivity contribution < 1.29 is 4.79 Å². The number of aryl methyl sites for hydroxylation is 1. The summed E-state index contributed by atoms with van der Waals surface area (Å²) in [6.07, 6.45) is 4.37. The van der Waals surface area contributed by atoms with Crippen LogP contribution in [0.3, 0.4) is 0 Å². The second-order valence-corrected chi connectivity index (χ2v) is 7.13. The quantitative estimate of drug-likeness (QED) is 0.759. The number of benzene rings is 1. The molecule has 0 radical (unpaired) electrons. The lowest BCUT2D eigenvalue weighted by Crippen LogP contribution is -2.25. The fraction of sp³-hybridized carbons (Fsp3) is 0.200. The molecule has 126 valence electrons. The van der Waals surface area contributed by atoms with E-state index in [-0.39, 0.29) is 5.91 Å². The maximum atomic E-state index is 12.1. The maximum absolute atomic E-state index is 12.1. The molecule has 5 heteroatoms. The number of pyridine rings is 1. The molecule has 0 unspecified atom stereocenters. The van der Waals surface area contributed by atoms with Crippen LogP contribution in [0.1, 0.15) is 16.9 Å². The number of hydrogen-bond acceptors (Lipinski definition) is 4. The molecule has 0 aliphatic carbocycles. The minimum atomic E-state index is -0.0136. The molecular formula is C20H19N3OS. The molecule has 1 amide bonds. The van der Waals surface area contributed by atoms with E-state index in [1.54, 1.807) is 17.5 Å². The van der Waals surface area contributed by atoms with E-state index < -0.39 is 0 Å². The minimum absolute atomic E-state index is 0.0136. The molecular weight excluding hydrogens is 330 g/mol. The van der Waals surface area contributed by atoms with E-state index >= 15 is 0 Å². The molecule has 0 spiro atoms. The summed E-state index contributed by atoms with van der Waals surface area (Å²) in [6.45, 7) is 0.966. The molecule has 1 N–H and O–H groups in total. The van der Waals surface area contributed by atoms with Gasteiger partial charge in [-0.2, -0.15) is 0 Å². The second-order valence-electron chi connectivity index (χ2n) is 6.09. The molecule has 4 rings (SSSR count). The van der Waals surface area contributed by atoms with Crippen molar-refractivity contribution in [2.75, 3.05) is 16.8 Å². The monoisotopic (exact) mass is 349 g/mol. The molecule has 1 aliphatic rings. The maximum Gasteiger partial charge on any atom is 0.229 e. The van der Waals surface area contributed by atoms with Crippen molar-refractivity contribution in [1.82, 2.24) is 4.98 Å².